The topological polar surface area (TPSA) is 26.3 Å². The smallest absolute Gasteiger partial charge is 0.338 e. The van der Waals surface area contributed by atoms with Crippen LogP contribution in [-0.2, 0) is 9.53 Å². The zero-order chi connectivity index (χ0) is 8.69. The molecule has 0 aromatic heterocycles. The fourth-order valence-corrected chi connectivity index (χ4v) is 0.416. The molecule has 2 heteroatoms. The van der Waals surface area contributed by atoms with E-state index in [1.165, 1.54) is 6.08 Å². The second-order valence-electron chi connectivity index (χ2n) is 1.93. The van der Waals surface area contributed by atoms with Crippen molar-refractivity contribution in [2.45, 2.75) is 13.8 Å². The van der Waals surface area contributed by atoms with Crippen LogP contribution in [0.2, 0.25) is 0 Å². The van der Waals surface area contributed by atoms with Gasteiger partial charge in [-0.3, -0.25) is 0 Å². The first-order valence-corrected chi connectivity index (χ1v) is 3.43. The van der Waals surface area contributed by atoms with Gasteiger partial charge in [-0.25, -0.2) is 4.79 Å². The van der Waals surface area contributed by atoms with E-state index in [0.29, 0.717) is 6.61 Å². The minimum absolute atomic E-state index is 0.367. The first-order valence-electron chi connectivity index (χ1n) is 3.43. The molecular weight excluding hydrogens is 140 g/mol. The van der Waals surface area contributed by atoms with Gasteiger partial charge in [0.15, 0.2) is 0 Å². The van der Waals surface area contributed by atoms with Crippen molar-refractivity contribution in [2.75, 3.05) is 6.61 Å². The Balaban J connectivity index is 4.11. The normalized spacial score (nSPS) is 7.82. The highest BCUT2D eigenvalue weighted by Crippen LogP contribution is 1.88. The van der Waals surface area contributed by atoms with Gasteiger partial charge in [-0.15, -0.1) is 5.73 Å². The number of hydrogen-bond acceptors (Lipinski definition) is 2. The molecule has 0 spiro atoms. The first kappa shape index (κ1) is 9.73. The summed E-state index contributed by atoms with van der Waals surface area (Å²) in [5.41, 5.74) is 3.53. The lowest BCUT2D eigenvalue weighted by Crippen LogP contribution is -1.97. The summed E-state index contributed by atoms with van der Waals surface area (Å²) in [6, 6.07) is 0. The maximum atomic E-state index is 10.7. The molecule has 0 atom stereocenters. The quantitative estimate of drug-likeness (QED) is 0.267. The van der Waals surface area contributed by atoms with E-state index in [1.54, 1.807) is 13.0 Å². The Bertz CT molecular complexity index is 208. The Morgan fingerprint density at radius 3 is 2.82 bits per heavy atom. The van der Waals surface area contributed by atoms with Gasteiger partial charge >= 0.3 is 5.97 Å². The van der Waals surface area contributed by atoms with Crippen molar-refractivity contribution in [2.24, 2.45) is 0 Å². The van der Waals surface area contributed by atoms with Gasteiger partial charge < -0.3 is 4.74 Å². The van der Waals surface area contributed by atoms with Gasteiger partial charge in [0.1, 0.15) is 0 Å². The highest BCUT2D eigenvalue weighted by molar-refractivity contribution is 5.81. The highest BCUT2D eigenvalue weighted by atomic mass is 16.5. The summed E-state index contributed by atoms with van der Waals surface area (Å²) < 4.78 is 4.63. The molecule has 0 aliphatic heterocycles. The van der Waals surface area contributed by atoms with E-state index < -0.39 is 0 Å². The molecule has 0 N–H and O–H groups in total. The van der Waals surface area contributed by atoms with Crippen LogP contribution in [0, 0.1) is 0 Å². The molecule has 0 saturated heterocycles. The second kappa shape index (κ2) is 5.51. The van der Waals surface area contributed by atoms with Crippen molar-refractivity contribution >= 4 is 5.97 Å². The van der Waals surface area contributed by atoms with Crippen LogP contribution >= 0.6 is 0 Å². The third-order valence-electron chi connectivity index (χ3n) is 1.01. The Hall–Kier alpha value is -1.27. The molecule has 0 rings (SSSR count). The number of hydrogen-bond donors (Lipinski definition) is 0. The van der Waals surface area contributed by atoms with Gasteiger partial charge in [0, 0.05) is 0 Å². The van der Waals surface area contributed by atoms with Crippen molar-refractivity contribution in [3.8, 4) is 0 Å². The van der Waals surface area contributed by atoms with Crippen LogP contribution in [0.15, 0.2) is 30.0 Å². The van der Waals surface area contributed by atoms with Crippen molar-refractivity contribution in [3.05, 3.63) is 30.0 Å². The first-order chi connectivity index (χ1) is 5.20. The van der Waals surface area contributed by atoms with Gasteiger partial charge in [-0.1, -0.05) is 12.7 Å². The third kappa shape index (κ3) is 5.19. The summed E-state index contributed by atoms with van der Waals surface area (Å²) in [5, 5.41) is 0. The predicted molar refractivity (Wildman–Crippen MR) is 44.1 cm³/mol. The number of esters is 1. The van der Waals surface area contributed by atoms with Gasteiger partial charge in [0.2, 0.25) is 0 Å². The SMILES string of the molecule is C=CC(C)=C=CC(=O)OCC. The number of carbonyl (C=O) groups is 1. The van der Waals surface area contributed by atoms with E-state index in [2.05, 4.69) is 17.0 Å². The summed E-state index contributed by atoms with van der Waals surface area (Å²) in [6.07, 6.45) is 2.89. The molecule has 0 aromatic carbocycles. The number of rotatable bonds is 3. The summed E-state index contributed by atoms with van der Waals surface area (Å²) in [4.78, 5) is 10.7. The molecule has 0 aliphatic rings. The van der Waals surface area contributed by atoms with E-state index in [9.17, 15) is 4.79 Å². The fourth-order valence-electron chi connectivity index (χ4n) is 0.416. The molecule has 0 saturated carbocycles. The molecule has 0 aliphatic carbocycles. The van der Waals surface area contributed by atoms with Crippen molar-refractivity contribution < 1.29 is 9.53 Å². The molecule has 0 amide bonds. The lowest BCUT2D eigenvalue weighted by Gasteiger charge is -1.91. The average Bonchev–Trinajstić information content (AvgIpc) is 2.01. The van der Waals surface area contributed by atoms with E-state index >= 15 is 0 Å². The van der Waals surface area contributed by atoms with Crippen molar-refractivity contribution in [1.29, 1.82) is 0 Å². The monoisotopic (exact) mass is 152 g/mol. The lowest BCUT2D eigenvalue weighted by molar-refractivity contribution is -0.137. The van der Waals surface area contributed by atoms with E-state index in [4.69, 9.17) is 0 Å². The fraction of sp³-hybridized carbons (Fsp3) is 0.333. The number of ether oxygens (including phenoxy) is 1. The van der Waals surface area contributed by atoms with Gasteiger partial charge in [0.05, 0.1) is 12.7 Å². The Morgan fingerprint density at radius 2 is 2.36 bits per heavy atom. The van der Waals surface area contributed by atoms with Crippen LogP contribution in [-0.4, -0.2) is 12.6 Å². The Labute approximate surface area is 66.9 Å². The largest absolute Gasteiger partial charge is 0.462 e. The molecule has 0 unspecified atom stereocenters. The minimum Gasteiger partial charge on any atom is -0.462 e. The van der Waals surface area contributed by atoms with Crippen LogP contribution in [0.5, 0.6) is 0 Å². The van der Waals surface area contributed by atoms with E-state index in [-0.39, 0.29) is 5.97 Å². The summed E-state index contributed by atoms with van der Waals surface area (Å²) in [5.74, 6) is -0.367. The molecule has 0 bridgehead atoms. The maximum Gasteiger partial charge on any atom is 0.338 e. The molecule has 0 radical (unpaired) electrons. The summed E-state index contributed by atoms with van der Waals surface area (Å²) in [7, 11) is 0. The standard InChI is InChI=1S/C9H12O2/c1-4-8(3)6-7-9(10)11-5-2/h4,7H,1,5H2,2-3H3. The molecule has 0 heterocycles. The molecule has 0 fully saturated rings. The minimum atomic E-state index is -0.367. The zero-order valence-corrected chi connectivity index (χ0v) is 6.89. The average molecular weight is 152 g/mol. The zero-order valence-electron chi connectivity index (χ0n) is 6.89. The Kier molecular flexibility index (Phi) is 4.87. The van der Waals surface area contributed by atoms with Crippen LogP contribution in [0.3, 0.4) is 0 Å². The lowest BCUT2D eigenvalue weighted by atomic mass is 10.3. The van der Waals surface area contributed by atoms with E-state index in [1.807, 2.05) is 6.92 Å². The molecule has 11 heavy (non-hydrogen) atoms. The highest BCUT2D eigenvalue weighted by Gasteiger charge is 1.90. The van der Waals surface area contributed by atoms with Gasteiger partial charge in [0.25, 0.3) is 0 Å². The van der Waals surface area contributed by atoms with Crippen LogP contribution in [0.1, 0.15) is 13.8 Å². The number of allylic oxidation sites excluding steroid dienone is 1. The number of carbonyl (C=O) groups excluding carboxylic acids is 1. The molecule has 0 aromatic rings. The van der Waals surface area contributed by atoms with Crippen molar-refractivity contribution in [3.63, 3.8) is 0 Å². The Morgan fingerprint density at radius 1 is 1.73 bits per heavy atom. The predicted octanol–water partition coefficient (Wildman–Crippen LogP) is 1.84. The van der Waals surface area contributed by atoms with Crippen LogP contribution < -0.4 is 0 Å². The summed E-state index contributed by atoms with van der Waals surface area (Å²) in [6.45, 7) is 7.47. The van der Waals surface area contributed by atoms with Gasteiger partial charge in [-0.2, -0.15) is 0 Å². The van der Waals surface area contributed by atoms with Crippen molar-refractivity contribution in [1.82, 2.24) is 0 Å². The molecule has 60 valence electrons. The van der Waals surface area contributed by atoms with Gasteiger partial charge in [-0.05, 0) is 19.4 Å². The summed E-state index contributed by atoms with van der Waals surface area (Å²) >= 11 is 0. The second-order valence-corrected chi connectivity index (χ2v) is 1.93. The van der Waals surface area contributed by atoms with Crippen LogP contribution in [0.25, 0.3) is 0 Å². The maximum absolute atomic E-state index is 10.7. The van der Waals surface area contributed by atoms with E-state index in [0.717, 1.165) is 5.57 Å². The molecule has 2 nitrogen and oxygen atoms in total. The van der Waals surface area contributed by atoms with Crippen LogP contribution in [0.4, 0.5) is 0 Å². The third-order valence-corrected chi connectivity index (χ3v) is 1.01. The molecular formula is C9H12O2.